The zero-order chi connectivity index (χ0) is 29.1. The lowest BCUT2D eigenvalue weighted by atomic mass is 9.52. The smallest absolute Gasteiger partial charge is 0.0708 e. The van der Waals surface area contributed by atoms with E-state index in [1.165, 1.54) is 113 Å². The summed E-state index contributed by atoms with van der Waals surface area (Å²) in [7, 11) is 0. The molecular weight excluding hydrogens is 524 g/mol. The van der Waals surface area contributed by atoms with Gasteiger partial charge in [0.2, 0.25) is 0 Å². The quantitative estimate of drug-likeness (QED) is 0.304. The van der Waals surface area contributed by atoms with Crippen LogP contribution >= 0.6 is 0 Å². The number of fused-ring (bicyclic) bond motifs is 3. The van der Waals surface area contributed by atoms with Crippen molar-refractivity contribution in [2.75, 3.05) is 39.3 Å². The molecule has 6 bridgehead atoms. The third-order valence-electron chi connectivity index (χ3n) is 11.5. The van der Waals surface area contributed by atoms with Crippen molar-refractivity contribution in [3.8, 4) is 11.8 Å². The van der Waals surface area contributed by atoms with Crippen molar-refractivity contribution in [1.29, 1.82) is 0 Å². The number of nitrogens with two attached hydrogens (primary N) is 1. The zero-order valence-electron chi connectivity index (χ0n) is 26.3. The van der Waals surface area contributed by atoms with Crippen molar-refractivity contribution in [3.63, 3.8) is 0 Å². The summed E-state index contributed by atoms with van der Waals surface area (Å²) < 4.78 is 0. The van der Waals surface area contributed by atoms with Gasteiger partial charge in [-0.2, -0.15) is 0 Å². The summed E-state index contributed by atoms with van der Waals surface area (Å²) in [6.45, 7) is 7.02. The lowest BCUT2D eigenvalue weighted by Gasteiger charge is -2.64. The predicted octanol–water partition coefficient (Wildman–Crippen LogP) is 7.16. The topological polar surface area (TPSA) is 45.4 Å². The normalized spacial score (nSPS) is 33.8. The maximum absolute atomic E-state index is 6.19. The second-order valence-electron chi connectivity index (χ2n) is 14.1. The van der Waals surface area contributed by atoms with Crippen LogP contribution < -0.4 is 5.73 Å². The molecule has 1 aliphatic carbocycles. The summed E-state index contributed by atoms with van der Waals surface area (Å²) >= 11 is 0. The summed E-state index contributed by atoms with van der Waals surface area (Å²) in [5, 5.41) is 1.28. The Kier molecular flexibility index (Phi) is 9.03. The molecule has 4 nitrogen and oxygen atoms in total. The van der Waals surface area contributed by atoms with Gasteiger partial charge < -0.3 is 10.6 Å². The highest BCUT2D eigenvalue weighted by molar-refractivity contribution is 5.86. The monoisotopic (exact) mass is 576 g/mol. The van der Waals surface area contributed by atoms with Crippen LogP contribution in [0.15, 0.2) is 42.0 Å². The largest absolute Gasteiger partial charge is 0.330 e. The van der Waals surface area contributed by atoms with Crippen LogP contribution in [0, 0.1) is 29.1 Å². The Morgan fingerprint density at radius 2 is 1.84 bits per heavy atom. The molecule has 6 unspecified atom stereocenters. The molecule has 0 amide bonds. The van der Waals surface area contributed by atoms with Crippen LogP contribution in [0.5, 0.6) is 0 Å². The van der Waals surface area contributed by atoms with E-state index in [0.717, 1.165) is 49.5 Å². The minimum atomic E-state index is 0.361. The predicted molar refractivity (Wildman–Crippen MR) is 180 cm³/mol. The van der Waals surface area contributed by atoms with E-state index in [2.05, 4.69) is 64.1 Å². The maximum atomic E-state index is 6.19. The highest BCUT2D eigenvalue weighted by Gasteiger charge is 2.58. The van der Waals surface area contributed by atoms with E-state index >= 15 is 0 Å². The Hall–Kier alpha value is -2.45. The second kappa shape index (κ2) is 13.3. The second-order valence-corrected chi connectivity index (χ2v) is 14.1. The number of hydrogen-bond acceptors (Lipinski definition) is 4. The molecular formula is C39H52N4. The molecule has 2 fully saturated rings. The van der Waals surface area contributed by atoms with Crippen molar-refractivity contribution >= 4 is 17.0 Å². The minimum absolute atomic E-state index is 0.361. The van der Waals surface area contributed by atoms with E-state index in [1.54, 1.807) is 5.57 Å². The number of piperidine rings is 2. The third kappa shape index (κ3) is 5.86. The van der Waals surface area contributed by atoms with Gasteiger partial charge in [0.05, 0.1) is 5.52 Å². The molecule has 0 saturated carbocycles. The van der Waals surface area contributed by atoms with Crippen LogP contribution in [0.3, 0.4) is 0 Å². The van der Waals surface area contributed by atoms with Crippen LogP contribution in [-0.2, 0) is 12.8 Å². The van der Waals surface area contributed by atoms with Crippen molar-refractivity contribution in [1.82, 2.24) is 14.8 Å². The van der Waals surface area contributed by atoms with Gasteiger partial charge in [-0.15, -0.1) is 11.8 Å². The first-order valence-electron chi connectivity index (χ1n) is 17.7. The summed E-state index contributed by atoms with van der Waals surface area (Å²) in [5.74, 6) is 8.56. The van der Waals surface area contributed by atoms with E-state index < -0.39 is 0 Å². The molecule has 43 heavy (non-hydrogen) atoms. The molecule has 0 radical (unpaired) electrons. The Morgan fingerprint density at radius 1 is 0.953 bits per heavy atom. The van der Waals surface area contributed by atoms with Crippen LogP contribution in [0.2, 0.25) is 0 Å². The van der Waals surface area contributed by atoms with E-state index in [1.807, 2.05) is 0 Å². The number of nitrogens with zero attached hydrogens (tertiary/aromatic N) is 3. The van der Waals surface area contributed by atoms with Gasteiger partial charge in [0.1, 0.15) is 0 Å². The van der Waals surface area contributed by atoms with Gasteiger partial charge in [0.25, 0.3) is 0 Å². The molecule has 6 heterocycles. The Balaban J connectivity index is 1.25. The third-order valence-corrected chi connectivity index (χ3v) is 11.5. The first-order valence-corrected chi connectivity index (χ1v) is 17.7. The van der Waals surface area contributed by atoms with Gasteiger partial charge in [-0.3, -0.25) is 9.88 Å². The number of hydrogen-bond donors (Lipinski definition) is 1. The first-order chi connectivity index (χ1) is 21.3. The fourth-order valence-corrected chi connectivity index (χ4v) is 9.79. The SMILES string of the molecule is NCCc1c2c(nc3ccccc13)CCCCN1CC3C=C4CCCC#CCCCCCN5CCC3C(CC/C=C\2)(C5)C41. The van der Waals surface area contributed by atoms with Gasteiger partial charge in [-0.25, -0.2) is 0 Å². The fourth-order valence-electron chi connectivity index (χ4n) is 9.79. The molecule has 1 spiro atoms. The van der Waals surface area contributed by atoms with E-state index in [9.17, 15) is 0 Å². The highest BCUT2D eigenvalue weighted by atomic mass is 15.2. The van der Waals surface area contributed by atoms with Crippen LogP contribution in [0.4, 0.5) is 0 Å². The molecule has 2 saturated heterocycles. The number of benzene rings is 1. The maximum Gasteiger partial charge on any atom is 0.0708 e. The Bertz CT molecular complexity index is 1410. The molecule has 6 aliphatic rings. The molecule has 8 rings (SSSR count). The van der Waals surface area contributed by atoms with Gasteiger partial charge in [0.15, 0.2) is 0 Å². The van der Waals surface area contributed by atoms with Crippen molar-refractivity contribution in [2.24, 2.45) is 23.0 Å². The minimum Gasteiger partial charge on any atom is -0.330 e. The molecule has 2 N–H and O–H groups in total. The van der Waals surface area contributed by atoms with Crippen molar-refractivity contribution < 1.29 is 0 Å². The lowest BCUT2D eigenvalue weighted by molar-refractivity contribution is -0.110. The standard InChI is InChI=1S/C39H52N4/c40-23-20-32-33-16-8-9-18-36(33)41-37-19-11-14-25-43-28-31-27-30-15-7-5-3-1-2-4-6-13-24-42-26-21-35(31)39(29-42,38(30)43)22-12-10-17-34(32)37/h8-10,16-18,27,31,35,38H,2,4-7,11-15,19-26,28-29,40H2/b17-10-. The first kappa shape index (κ1) is 29.3. The molecule has 4 heteroatoms. The number of rotatable bonds is 2. The van der Waals surface area contributed by atoms with Gasteiger partial charge in [-0.05, 0) is 126 Å². The zero-order valence-corrected chi connectivity index (χ0v) is 26.3. The average molecular weight is 577 g/mol. The molecule has 5 aliphatic heterocycles. The van der Waals surface area contributed by atoms with Gasteiger partial charge >= 0.3 is 0 Å². The van der Waals surface area contributed by atoms with Crippen LogP contribution in [-0.4, -0.2) is 60.1 Å². The van der Waals surface area contributed by atoms with Gasteiger partial charge in [0, 0.05) is 48.5 Å². The summed E-state index contributed by atoms with van der Waals surface area (Å²) in [5.41, 5.74) is 13.5. The van der Waals surface area contributed by atoms with E-state index in [4.69, 9.17) is 10.7 Å². The van der Waals surface area contributed by atoms with Crippen molar-refractivity contribution in [3.05, 3.63) is 58.8 Å². The molecule has 1 aromatic carbocycles. The van der Waals surface area contributed by atoms with Gasteiger partial charge in [-0.1, -0.05) is 48.4 Å². The lowest BCUT2D eigenvalue weighted by Crippen LogP contribution is -2.68. The van der Waals surface area contributed by atoms with E-state index in [-0.39, 0.29) is 0 Å². The highest BCUT2D eigenvalue weighted by Crippen LogP contribution is 2.57. The summed E-state index contributed by atoms with van der Waals surface area (Å²) in [6, 6.07) is 9.31. The Labute approximate surface area is 260 Å². The summed E-state index contributed by atoms with van der Waals surface area (Å²) in [4.78, 5) is 11.1. The molecule has 228 valence electrons. The average Bonchev–Trinajstić information content (AvgIpc) is 3.03. The number of aromatic nitrogens is 1. The number of aryl methyl sites for hydroxylation is 1. The van der Waals surface area contributed by atoms with Crippen molar-refractivity contribution in [2.45, 2.75) is 95.9 Å². The Morgan fingerprint density at radius 3 is 2.77 bits per heavy atom. The number of pyridine rings is 1. The van der Waals surface area contributed by atoms with Crippen LogP contribution in [0.25, 0.3) is 17.0 Å². The van der Waals surface area contributed by atoms with Crippen LogP contribution in [0.1, 0.15) is 93.9 Å². The molecule has 1 aromatic heterocycles. The fraction of sp³-hybridized carbons (Fsp3) is 0.615. The summed E-state index contributed by atoms with van der Waals surface area (Å²) in [6.07, 6.45) is 24.5. The molecule has 6 atom stereocenters. The number of para-hydroxylation sites is 1. The number of allylic oxidation sites excluding steroid dienone is 1. The molecule has 2 aromatic rings. The van der Waals surface area contributed by atoms with E-state index in [0.29, 0.717) is 18.0 Å².